The quantitative estimate of drug-likeness (QED) is 0.672. The fraction of sp³-hybridized carbons (Fsp3) is 1.00. The lowest BCUT2D eigenvalue weighted by atomic mass is 9.40. The summed E-state index contributed by atoms with van der Waals surface area (Å²) in [6.45, 7) is 9.07. The van der Waals surface area contributed by atoms with Crippen LogP contribution in [-0.2, 0) is 0 Å². The first kappa shape index (κ1) is 18.3. The van der Waals surface area contributed by atoms with Crippen molar-refractivity contribution in [3.05, 3.63) is 0 Å². The molecule has 0 aromatic carbocycles. The Morgan fingerprint density at radius 2 is 1.64 bits per heavy atom. The van der Waals surface area contributed by atoms with Crippen molar-refractivity contribution < 1.29 is 15.3 Å². The molecule has 0 radical (unpaired) electrons. The van der Waals surface area contributed by atoms with Crippen LogP contribution in [0.3, 0.4) is 0 Å². The first-order valence-corrected chi connectivity index (χ1v) is 10.6. The van der Waals surface area contributed by atoms with Gasteiger partial charge in [-0.1, -0.05) is 20.8 Å². The molecule has 0 aromatic rings. The average Bonchev–Trinajstić information content (AvgIpc) is 2.81. The average molecular weight is 351 g/mol. The lowest BCUT2D eigenvalue weighted by Gasteiger charge is -2.64. The van der Waals surface area contributed by atoms with Gasteiger partial charge in [0.15, 0.2) is 0 Å². The lowest BCUT2D eigenvalue weighted by molar-refractivity contribution is -0.166. The van der Waals surface area contributed by atoms with E-state index in [4.69, 9.17) is 0 Å². The van der Waals surface area contributed by atoms with Crippen LogP contribution in [0.5, 0.6) is 0 Å². The monoisotopic (exact) mass is 350 g/mol. The van der Waals surface area contributed by atoms with E-state index in [1.807, 2.05) is 0 Å². The van der Waals surface area contributed by atoms with Crippen molar-refractivity contribution >= 4 is 0 Å². The van der Waals surface area contributed by atoms with Gasteiger partial charge in [0, 0.05) is 0 Å². The van der Waals surface area contributed by atoms with Crippen molar-refractivity contribution in [3.8, 4) is 0 Å². The molecular weight excluding hydrogens is 312 g/mol. The fourth-order valence-corrected chi connectivity index (χ4v) is 8.09. The molecule has 0 aromatic heterocycles. The molecule has 0 heterocycles. The van der Waals surface area contributed by atoms with E-state index >= 15 is 0 Å². The summed E-state index contributed by atoms with van der Waals surface area (Å²) in [7, 11) is 0. The van der Waals surface area contributed by atoms with E-state index in [0.717, 1.165) is 32.1 Å². The van der Waals surface area contributed by atoms with Gasteiger partial charge in [-0.15, -0.1) is 0 Å². The number of rotatable bonds is 1. The molecule has 3 heteroatoms. The Balaban J connectivity index is 1.65. The SMILES string of the molecule is C[C@H](O)[C@@]1(O)C[C@H]2[C@@H]3CC[C@@]4(C)C[C@H](O)CC[C@]4(C)[C@H]3CC[C@]2(C)C1. The largest absolute Gasteiger partial charge is 0.393 e. The third kappa shape index (κ3) is 2.41. The van der Waals surface area contributed by atoms with Gasteiger partial charge in [-0.3, -0.25) is 0 Å². The molecule has 0 aliphatic heterocycles. The molecular formula is C22H38O3. The maximum Gasteiger partial charge on any atom is 0.0910 e. The molecule has 3 nitrogen and oxygen atoms in total. The van der Waals surface area contributed by atoms with E-state index in [-0.39, 0.29) is 16.9 Å². The second-order valence-corrected chi connectivity index (χ2v) is 11.1. The minimum atomic E-state index is -0.890. The van der Waals surface area contributed by atoms with Gasteiger partial charge in [-0.2, -0.15) is 0 Å². The molecule has 4 rings (SSSR count). The predicted molar refractivity (Wildman–Crippen MR) is 99.0 cm³/mol. The smallest absolute Gasteiger partial charge is 0.0910 e. The summed E-state index contributed by atoms with van der Waals surface area (Å²) in [6.07, 6.45) is 8.74. The van der Waals surface area contributed by atoms with Crippen LogP contribution in [0.25, 0.3) is 0 Å². The van der Waals surface area contributed by atoms with Gasteiger partial charge >= 0.3 is 0 Å². The Bertz CT molecular complexity index is 547. The molecule has 4 aliphatic rings. The van der Waals surface area contributed by atoms with Crippen LogP contribution in [0, 0.1) is 34.0 Å². The molecule has 4 aliphatic carbocycles. The van der Waals surface area contributed by atoms with E-state index in [1.54, 1.807) is 6.92 Å². The number of fused-ring (bicyclic) bond motifs is 5. The van der Waals surface area contributed by atoms with Crippen molar-refractivity contribution in [1.29, 1.82) is 0 Å². The second kappa shape index (κ2) is 5.45. The zero-order chi connectivity index (χ0) is 18.3. The molecule has 4 fully saturated rings. The molecule has 0 unspecified atom stereocenters. The molecule has 3 N–H and O–H groups in total. The minimum absolute atomic E-state index is 0.115. The third-order valence-corrected chi connectivity index (χ3v) is 9.93. The Morgan fingerprint density at radius 1 is 0.920 bits per heavy atom. The summed E-state index contributed by atoms with van der Waals surface area (Å²) in [5.74, 6) is 1.94. The summed E-state index contributed by atoms with van der Waals surface area (Å²) in [4.78, 5) is 0. The van der Waals surface area contributed by atoms with Crippen molar-refractivity contribution in [1.82, 2.24) is 0 Å². The van der Waals surface area contributed by atoms with E-state index < -0.39 is 11.7 Å². The van der Waals surface area contributed by atoms with Gasteiger partial charge in [0.1, 0.15) is 0 Å². The van der Waals surface area contributed by atoms with Crippen LogP contribution >= 0.6 is 0 Å². The lowest BCUT2D eigenvalue weighted by Crippen LogP contribution is -2.57. The van der Waals surface area contributed by atoms with Crippen LogP contribution in [0.2, 0.25) is 0 Å². The van der Waals surface area contributed by atoms with E-state index in [9.17, 15) is 15.3 Å². The molecule has 0 spiro atoms. The summed E-state index contributed by atoms with van der Waals surface area (Å²) < 4.78 is 0. The zero-order valence-electron chi connectivity index (χ0n) is 16.6. The number of hydrogen-bond acceptors (Lipinski definition) is 3. The zero-order valence-corrected chi connectivity index (χ0v) is 16.6. The predicted octanol–water partition coefficient (Wildman–Crippen LogP) is 3.89. The van der Waals surface area contributed by atoms with Crippen molar-refractivity contribution in [2.24, 2.45) is 34.0 Å². The molecule has 0 saturated heterocycles. The van der Waals surface area contributed by atoms with Gasteiger partial charge < -0.3 is 15.3 Å². The topological polar surface area (TPSA) is 60.7 Å². The standard InChI is InChI=1S/C22H38O3/c1-14(23)22(25)12-18-16-6-9-20(3)11-15(24)5-10-21(20,4)17(16)7-8-19(18,2)13-22/h14-18,23-25H,5-13H2,1-4H3/t14-,15+,16+,17-,18-,19+,20-,21+,22+/m0/s1. The highest BCUT2D eigenvalue weighted by Crippen LogP contribution is 2.70. The maximum atomic E-state index is 11.1. The van der Waals surface area contributed by atoms with E-state index in [1.165, 1.54) is 25.7 Å². The van der Waals surface area contributed by atoms with Crippen molar-refractivity contribution in [2.45, 2.75) is 103 Å². The minimum Gasteiger partial charge on any atom is -0.393 e. The Kier molecular flexibility index (Phi) is 3.98. The Morgan fingerprint density at radius 3 is 2.32 bits per heavy atom. The maximum absolute atomic E-state index is 11.1. The van der Waals surface area contributed by atoms with Crippen LogP contribution in [0.1, 0.15) is 85.5 Å². The normalized spacial score (nSPS) is 59.6. The van der Waals surface area contributed by atoms with Gasteiger partial charge in [0.05, 0.1) is 17.8 Å². The Labute approximate surface area is 153 Å². The number of aliphatic hydroxyl groups is 3. The van der Waals surface area contributed by atoms with Crippen LogP contribution in [-0.4, -0.2) is 33.1 Å². The molecule has 0 amide bonds. The summed E-state index contributed by atoms with van der Waals surface area (Å²) in [5.41, 5.74) is -0.120. The van der Waals surface area contributed by atoms with Crippen LogP contribution in [0.15, 0.2) is 0 Å². The molecule has 0 bridgehead atoms. The summed E-state index contributed by atoms with van der Waals surface area (Å²) in [5, 5.41) is 31.5. The summed E-state index contributed by atoms with van der Waals surface area (Å²) in [6, 6.07) is 0. The highest BCUT2D eigenvalue weighted by atomic mass is 16.3. The van der Waals surface area contributed by atoms with Gasteiger partial charge in [-0.25, -0.2) is 0 Å². The highest BCUT2D eigenvalue weighted by molar-refractivity contribution is 5.14. The molecule has 9 atom stereocenters. The van der Waals surface area contributed by atoms with Crippen molar-refractivity contribution in [3.63, 3.8) is 0 Å². The second-order valence-electron chi connectivity index (χ2n) is 11.1. The number of hydrogen-bond donors (Lipinski definition) is 3. The van der Waals surface area contributed by atoms with Gasteiger partial charge in [0.2, 0.25) is 0 Å². The van der Waals surface area contributed by atoms with Gasteiger partial charge in [0.25, 0.3) is 0 Å². The number of aliphatic hydroxyl groups excluding tert-OH is 2. The Hall–Kier alpha value is -0.120. The van der Waals surface area contributed by atoms with E-state index in [0.29, 0.717) is 23.2 Å². The third-order valence-electron chi connectivity index (χ3n) is 9.93. The van der Waals surface area contributed by atoms with Crippen LogP contribution in [0.4, 0.5) is 0 Å². The van der Waals surface area contributed by atoms with Crippen LogP contribution < -0.4 is 0 Å². The highest BCUT2D eigenvalue weighted by Gasteiger charge is 2.64. The molecule has 4 saturated carbocycles. The van der Waals surface area contributed by atoms with Gasteiger partial charge in [-0.05, 0) is 98.7 Å². The first-order chi connectivity index (χ1) is 11.5. The fourth-order valence-electron chi connectivity index (χ4n) is 8.09. The van der Waals surface area contributed by atoms with Crippen molar-refractivity contribution in [2.75, 3.05) is 0 Å². The molecule has 25 heavy (non-hydrogen) atoms. The molecule has 144 valence electrons. The first-order valence-electron chi connectivity index (χ1n) is 10.6. The summed E-state index contributed by atoms with van der Waals surface area (Å²) >= 11 is 0. The van der Waals surface area contributed by atoms with E-state index in [2.05, 4.69) is 20.8 Å².